The van der Waals surface area contributed by atoms with Crippen molar-refractivity contribution in [1.82, 2.24) is 9.97 Å². The maximum Gasteiger partial charge on any atom is 0.227 e. The molecule has 0 unspecified atom stereocenters. The van der Waals surface area contributed by atoms with Crippen molar-refractivity contribution in [3.8, 4) is 0 Å². The highest BCUT2D eigenvalue weighted by molar-refractivity contribution is 5.90. The summed E-state index contributed by atoms with van der Waals surface area (Å²) >= 11 is 0. The van der Waals surface area contributed by atoms with Gasteiger partial charge in [0.1, 0.15) is 5.82 Å². The second-order valence-corrected chi connectivity index (χ2v) is 7.44. The normalized spacial score (nSPS) is 15.2. The first-order chi connectivity index (χ1) is 13.3. The van der Waals surface area contributed by atoms with Crippen LogP contribution < -0.4 is 10.2 Å². The van der Waals surface area contributed by atoms with E-state index in [0.29, 0.717) is 0 Å². The second-order valence-electron chi connectivity index (χ2n) is 7.44. The summed E-state index contributed by atoms with van der Waals surface area (Å²) in [5.41, 5.74) is 2.47. The van der Waals surface area contributed by atoms with Gasteiger partial charge in [-0.25, -0.2) is 4.98 Å². The molecule has 27 heavy (non-hydrogen) atoms. The van der Waals surface area contributed by atoms with E-state index < -0.39 is 0 Å². The van der Waals surface area contributed by atoms with Crippen LogP contribution >= 0.6 is 0 Å². The molecule has 0 aliphatic carbocycles. The van der Waals surface area contributed by atoms with Gasteiger partial charge in [-0.3, -0.25) is 0 Å². The van der Waals surface area contributed by atoms with Crippen molar-refractivity contribution in [2.45, 2.75) is 32.6 Å². The lowest BCUT2D eigenvalue weighted by molar-refractivity contribution is 0.401. The number of rotatable bonds is 6. The Labute approximate surface area is 161 Å². The highest BCUT2D eigenvalue weighted by Crippen LogP contribution is 2.27. The Morgan fingerprint density at radius 2 is 1.70 bits per heavy atom. The third-order valence-corrected chi connectivity index (χ3v) is 5.40. The van der Waals surface area contributed by atoms with Gasteiger partial charge in [0, 0.05) is 25.0 Å². The van der Waals surface area contributed by atoms with Crippen molar-refractivity contribution in [3.63, 3.8) is 0 Å². The third kappa shape index (κ3) is 4.21. The van der Waals surface area contributed by atoms with Crippen molar-refractivity contribution >= 4 is 22.7 Å². The van der Waals surface area contributed by atoms with Gasteiger partial charge in [-0.05, 0) is 49.3 Å². The van der Waals surface area contributed by atoms with Crippen molar-refractivity contribution in [1.29, 1.82) is 0 Å². The summed E-state index contributed by atoms with van der Waals surface area (Å²) in [5, 5.41) is 4.59. The van der Waals surface area contributed by atoms with Crippen molar-refractivity contribution < 1.29 is 0 Å². The van der Waals surface area contributed by atoms with E-state index in [4.69, 9.17) is 9.97 Å². The molecule has 0 spiro atoms. The van der Waals surface area contributed by atoms with E-state index in [9.17, 15) is 0 Å². The lowest BCUT2D eigenvalue weighted by Crippen LogP contribution is -2.35. The fraction of sp³-hybridized carbons (Fsp3) is 0.391. The lowest BCUT2D eigenvalue weighted by atomic mass is 9.90. The molecule has 0 radical (unpaired) electrons. The molecule has 1 aromatic heterocycles. The quantitative estimate of drug-likeness (QED) is 0.678. The zero-order valence-corrected chi connectivity index (χ0v) is 16.1. The SMILES string of the molecule is CCCNc1nc(N2CCC(Cc3ccccc3)CC2)nc2ccccc12. The first-order valence-corrected chi connectivity index (χ1v) is 10.1. The van der Waals surface area contributed by atoms with Gasteiger partial charge in [0.05, 0.1) is 5.52 Å². The molecule has 0 atom stereocenters. The van der Waals surface area contributed by atoms with Crippen LogP contribution in [0.2, 0.25) is 0 Å². The van der Waals surface area contributed by atoms with E-state index in [2.05, 4.69) is 71.7 Å². The highest BCUT2D eigenvalue weighted by Gasteiger charge is 2.22. The van der Waals surface area contributed by atoms with E-state index in [0.717, 1.165) is 54.6 Å². The van der Waals surface area contributed by atoms with Gasteiger partial charge in [0.25, 0.3) is 0 Å². The number of aromatic nitrogens is 2. The van der Waals surface area contributed by atoms with E-state index in [1.54, 1.807) is 0 Å². The van der Waals surface area contributed by atoms with Crippen LogP contribution in [0, 0.1) is 5.92 Å². The van der Waals surface area contributed by atoms with Gasteiger partial charge in [-0.1, -0.05) is 49.4 Å². The molecule has 4 rings (SSSR count). The molecule has 140 valence electrons. The minimum absolute atomic E-state index is 0.752. The maximum atomic E-state index is 4.87. The zero-order valence-electron chi connectivity index (χ0n) is 16.1. The Bertz CT molecular complexity index is 870. The first-order valence-electron chi connectivity index (χ1n) is 10.1. The molecule has 2 aromatic carbocycles. The van der Waals surface area contributed by atoms with E-state index in [-0.39, 0.29) is 0 Å². The summed E-state index contributed by atoms with van der Waals surface area (Å²) in [6.07, 6.45) is 4.65. The Morgan fingerprint density at radius 3 is 2.48 bits per heavy atom. The van der Waals surface area contributed by atoms with Gasteiger partial charge >= 0.3 is 0 Å². The largest absolute Gasteiger partial charge is 0.369 e. The third-order valence-electron chi connectivity index (χ3n) is 5.40. The van der Waals surface area contributed by atoms with Crippen molar-refractivity contribution in [2.24, 2.45) is 5.92 Å². The molecular weight excluding hydrogens is 332 g/mol. The molecule has 2 heterocycles. The number of nitrogens with one attached hydrogen (secondary N) is 1. The van der Waals surface area contributed by atoms with Crippen LogP contribution in [0.3, 0.4) is 0 Å². The molecule has 1 aliphatic heterocycles. The molecule has 1 fully saturated rings. The Morgan fingerprint density at radius 1 is 0.963 bits per heavy atom. The smallest absolute Gasteiger partial charge is 0.227 e. The van der Waals surface area contributed by atoms with Gasteiger partial charge in [-0.2, -0.15) is 4.98 Å². The van der Waals surface area contributed by atoms with Crippen LogP contribution in [-0.4, -0.2) is 29.6 Å². The molecular formula is C23H28N4. The number of nitrogens with zero attached hydrogens (tertiary/aromatic N) is 3. The summed E-state index contributed by atoms with van der Waals surface area (Å²) in [6.45, 7) is 5.17. The number of anilines is 2. The molecule has 0 bridgehead atoms. The number of piperidine rings is 1. The molecule has 0 amide bonds. The number of hydrogen-bond acceptors (Lipinski definition) is 4. The van der Waals surface area contributed by atoms with Gasteiger partial charge in [-0.15, -0.1) is 0 Å². The van der Waals surface area contributed by atoms with E-state index in [1.807, 2.05) is 0 Å². The second kappa shape index (κ2) is 8.38. The first kappa shape index (κ1) is 17.8. The summed E-state index contributed by atoms with van der Waals surface area (Å²) in [7, 11) is 0. The molecule has 1 N–H and O–H groups in total. The predicted octanol–water partition coefficient (Wildman–Crippen LogP) is 4.91. The zero-order chi connectivity index (χ0) is 18.5. The molecule has 4 nitrogen and oxygen atoms in total. The minimum Gasteiger partial charge on any atom is -0.369 e. The maximum absolute atomic E-state index is 4.87. The number of para-hydroxylation sites is 1. The lowest BCUT2D eigenvalue weighted by Gasteiger charge is -2.32. The number of hydrogen-bond donors (Lipinski definition) is 1. The summed E-state index contributed by atoms with van der Waals surface area (Å²) in [5.74, 6) is 2.58. The predicted molar refractivity (Wildman–Crippen MR) is 113 cm³/mol. The van der Waals surface area contributed by atoms with Gasteiger partial charge < -0.3 is 10.2 Å². The van der Waals surface area contributed by atoms with Crippen LogP contribution in [0.25, 0.3) is 10.9 Å². The summed E-state index contributed by atoms with van der Waals surface area (Å²) in [6, 6.07) is 19.1. The van der Waals surface area contributed by atoms with Crippen molar-refractivity contribution in [3.05, 3.63) is 60.2 Å². The summed E-state index contributed by atoms with van der Waals surface area (Å²) in [4.78, 5) is 12.1. The standard InChI is InChI=1S/C23H28N4/c1-2-14-24-22-20-10-6-7-11-21(20)25-23(26-22)27-15-12-19(13-16-27)17-18-8-4-3-5-9-18/h3-11,19H,2,12-17H2,1H3,(H,24,25,26). The topological polar surface area (TPSA) is 41.1 Å². The van der Waals surface area contributed by atoms with E-state index in [1.165, 1.54) is 24.8 Å². The van der Waals surface area contributed by atoms with Gasteiger partial charge in [0.15, 0.2) is 0 Å². The molecule has 3 aromatic rings. The fourth-order valence-electron chi connectivity index (χ4n) is 3.87. The average Bonchev–Trinajstić information content (AvgIpc) is 2.73. The molecule has 1 saturated heterocycles. The van der Waals surface area contributed by atoms with Crippen LogP contribution in [0.5, 0.6) is 0 Å². The van der Waals surface area contributed by atoms with Gasteiger partial charge in [0.2, 0.25) is 5.95 Å². The minimum atomic E-state index is 0.752. The van der Waals surface area contributed by atoms with Crippen molar-refractivity contribution in [2.75, 3.05) is 29.9 Å². The molecule has 1 aliphatic rings. The number of fused-ring (bicyclic) bond motifs is 1. The average molecular weight is 361 g/mol. The van der Waals surface area contributed by atoms with Crippen LogP contribution in [0.4, 0.5) is 11.8 Å². The van der Waals surface area contributed by atoms with E-state index >= 15 is 0 Å². The van der Waals surface area contributed by atoms with Crippen LogP contribution in [0.15, 0.2) is 54.6 Å². The molecule has 4 heteroatoms. The number of benzene rings is 2. The van der Waals surface area contributed by atoms with Crippen LogP contribution in [-0.2, 0) is 6.42 Å². The van der Waals surface area contributed by atoms with Crippen LogP contribution in [0.1, 0.15) is 31.7 Å². The Kier molecular flexibility index (Phi) is 5.52. The monoisotopic (exact) mass is 360 g/mol. The Balaban J connectivity index is 1.48. The molecule has 0 saturated carbocycles. The highest BCUT2D eigenvalue weighted by atomic mass is 15.3. The Hall–Kier alpha value is -2.62. The summed E-state index contributed by atoms with van der Waals surface area (Å²) < 4.78 is 0. The fourth-order valence-corrected chi connectivity index (χ4v) is 3.87.